The van der Waals surface area contributed by atoms with E-state index in [1.807, 2.05) is 56.3 Å². The first-order valence-corrected chi connectivity index (χ1v) is 14.5. The number of hydrogen-bond donors (Lipinski definition) is 1. The van der Waals surface area contributed by atoms with E-state index in [0.29, 0.717) is 54.3 Å². The van der Waals surface area contributed by atoms with Crippen LogP contribution in [-0.2, 0) is 11.3 Å². The van der Waals surface area contributed by atoms with Crippen LogP contribution in [0.25, 0.3) is 5.52 Å². The number of ether oxygens (including phenoxy) is 1. The minimum Gasteiger partial charge on any atom is -0.444 e. The third kappa shape index (κ3) is 7.59. The summed E-state index contributed by atoms with van der Waals surface area (Å²) in [5.41, 5.74) is 2.66. The highest BCUT2D eigenvalue weighted by atomic mass is 35.5. The molecule has 2 amide bonds. The number of aromatic nitrogens is 3. The van der Waals surface area contributed by atoms with Crippen LogP contribution in [0.1, 0.15) is 73.9 Å². The minimum atomic E-state index is -0.610. The number of carbonyl (C=O) groups excluding carboxylic acids is 2. The maximum Gasteiger partial charge on any atom is 0.407 e. The maximum absolute atomic E-state index is 14.0. The molecule has 0 bridgehead atoms. The van der Waals surface area contributed by atoms with E-state index < -0.39 is 17.7 Å². The van der Waals surface area contributed by atoms with Crippen molar-refractivity contribution in [1.82, 2.24) is 24.4 Å². The van der Waals surface area contributed by atoms with Crippen molar-refractivity contribution in [2.75, 3.05) is 13.1 Å². The number of fused-ring (bicyclic) bond motifs is 1. The zero-order valence-corrected chi connectivity index (χ0v) is 25.5. The summed E-state index contributed by atoms with van der Waals surface area (Å²) in [5.74, 6) is -0.195. The molecule has 2 aromatic heterocycles. The van der Waals surface area contributed by atoms with Crippen LogP contribution in [0.15, 0.2) is 71.5 Å². The lowest BCUT2D eigenvalue weighted by Gasteiger charge is -2.33. The van der Waals surface area contributed by atoms with Gasteiger partial charge in [-0.1, -0.05) is 48.9 Å². The van der Waals surface area contributed by atoms with Crippen molar-refractivity contribution >= 4 is 29.1 Å². The molecule has 0 aliphatic heterocycles. The fourth-order valence-corrected chi connectivity index (χ4v) is 5.06. The molecule has 0 saturated carbocycles. The molecule has 0 radical (unpaired) electrons. The zero-order valence-electron chi connectivity index (χ0n) is 24.8. The van der Waals surface area contributed by atoms with Crippen LogP contribution in [-0.4, -0.2) is 49.8 Å². The fraction of sp³-hybridized carbons (Fsp3) is 0.375. The Hall–Kier alpha value is -4.11. The van der Waals surface area contributed by atoms with Gasteiger partial charge in [0, 0.05) is 29.4 Å². The fourth-order valence-electron chi connectivity index (χ4n) is 4.93. The number of halogens is 1. The van der Waals surface area contributed by atoms with Crippen LogP contribution in [0, 0.1) is 6.92 Å². The molecule has 0 saturated heterocycles. The molecular formula is C32H38ClN5O4. The first kappa shape index (κ1) is 30.8. The highest BCUT2D eigenvalue weighted by Crippen LogP contribution is 2.28. The largest absolute Gasteiger partial charge is 0.444 e. The predicted molar refractivity (Wildman–Crippen MR) is 164 cm³/mol. The number of carbonyl (C=O) groups is 2. The molecular weight excluding hydrogens is 554 g/mol. The van der Waals surface area contributed by atoms with Crippen molar-refractivity contribution in [3.63, 3.8) is 0 Å². The van der Waals surface area contributed by atoms with Gasteiger partial charge in [-0.05, 0) is 82.5 Å². The molecule has 2 heterocycles. The SMILES string of the molecule is CCC(c1cc2cc(C)nn2c(=O)n1Cc1ccccc1)N(CCCNC(=O)OC(C)(C)C)C(=O)c1ccc(Cl)cc1. The van der Waals surface area contributed by atoms with E-state index in [2.05, 4.69) is 10.4 Å². The smallest absolute Gasteiger partial charge is 0.407 e. The van der Waals surface area contributed by atoms with Crippen molar-refractivity contribution < 1.29 is 14.3 Å². The van der Waals surface area contributed by atoms with Crippen molar-refractivity contribution in [2.24, 2.45) is 0 Å². The molecule has 42 heavy (non-hydrogen) atoms. The van der Waals surface area contributed by atoms with Gasteiger partial charge in [-0.15, -0.1) is 0 Å². The molecule has 222 valence electrons. The Balaban J connectivity index is 1.73. The van der Waals surface area contributed by atoms with Crippen LogP contribution in [0.3, 0.4) is 0 Å². The number of aryl methyl sites for hydroxylation is 1. The first-order chi connectivity index (χ1) is 20.0. The first-order valence-electron chi connectivity index (χ1n) is 14.1. The van der Waals surface area contributed by atoms with Gasteiger partial charge in [0.2, 0.25) is 0 Å². The summed E-state index contributed by atoms with van der Waals surface area (Å²) in [4.78, 5) is 41.8. The number of benzene rings is 2. The molecule has 0 aliphatic carbocycles. The quantitative estimate of drug-likeness (QED) is 0.228. The molecule has 1 atom stereocenters. The number of amides is 2. The van der Waals surface area contributed by atoms with Crippen molar-refractivity contribution in [1.29, 1.82) is 0 Å². The van der Waals surface area contributed by atoms with Gasteiger partial charge < -0.3 is 15.0 Å². The molecule has 2 aromatic carbocycles. The molecule has 10 heteroatoms. The summed E-state index contributed by atoms with van der Waals surface area (Å²) in [5, 5.41) is 7.72. The van der Waals surface area contributed by atoms with Gasteiger partial charge in [0.05, 0.1) is 23.8 Å². The Labute approximate surface area is 251 Å². The van der Waals surface area contributed by atoms with E-state index in [1.165, 1.54) is 4.52 Å². The Bertz CT molecular complexity index is 1590. The monoisotopic (exact) mass is 591 g/mol. The summed E-state index contributed by atoms with van der Waals surface area (Å²) in [6.07, 6.45) is 0.519. The van der Waals surface area contributed by atoms with Gasteiger partial charge in [0.25, 0.3) is 5.91 Å². The van der Waals surface area contributed by atoms with E-state index in [-0.39, 0.29) is 11.6 Å². The van der Waals surface area contributed by atoms with Crippen molar-refractivity contribution in [3.05, 3.63) is 105 Å². The Kier molecular flexibility index (Phi) is 9.73. The van der Waals surface area contributed by atoms with Crippen LogP contribution >= 0.6 is 11.6 Å². The maximum atomic E-state index is 14.0. The van der Waals surface area contributed by atoms with Crippen molar-refractivity contribution in [2.45, 2.75) is 65.6 Å². The molecule has 4 aromatic rings. The van der Waals surface area contributed by atoms with E-state index in [0.717, 1.165) is 11.3 Å². The molecule has 1 unspecified atom stereocenters. The van der Waals surface area contributed by atoms with Gasteiger partial charge in [-0.3, -0.25) is 9.36 Å². The van der Waals surface area contributed by atoms with Gasteiger partial charge in [-0.25, -0.2) is 9.59 Å². The van der Waals surface area contributed by atoms with Crippen LogP contribution in [0.5, 0.6) is 0 Å². The zero-order chi connectivity index (χ0) is 30.4. The highest BCUT2D eigenvalue weighted by molar-refractivity contribution is 6.30. The Morgan fingerprint density at radius 3 is 2.40 bits per heavy atom. The lowest BCUT2D eigenvalue weighted by Crippen LogP contribution is -2.41. The molecule has 0 spiro atoms. The second-order valence-corrected chi connectivity index (χ2v) is 11.7. The summed E-state index contributed by atoms with van der Waals surface area (Å²) in [7, 11) is 0. The normalized spacial score (nSPS) is 12.2. The number of nitrogens with one attached hydrogen (secondary N) is 1. The van der Waals surface area contributed by atoms with E-state index in [9.17, 15) is 14.4 Å². The Morgan fingerprint density at radius 1 is 1.07 bits per heavy atom. The number of rotatable bonds is 10. The second-order valence-electron chi connectivity index (χ2n) is 11.3. The van der Waals surface area contributed by atoms with E-state index in [4.69, 9.17) is 16.3 Å². The average molecular weight is 592 g/mol. The lowest BCUT2D eigenvalue weighted by molar-refractivity contribution is 0.0523. The summed E-state index contributed by atoms with van der Waals surface area (Å²) in [6, 6.07) is 19.9. The van der Waals surface area contributed by atoms with Gasteiger partial charge in [0.15, 0.2) is 0 Å². The number of hydrogen-bond acceptors (Lipinski definition) is 5. The molecule has 0 aliphatic rings. The molecule has 4 rings (SSSR count). The predicted octanol–water partition coefficient (Wildman–Crippen LogP) is 6.01. The summed E-state index contributed by atoms with van der Waals surface area (Å²) in [6.45, 7) is 10.2. The number of alkyl carbamates (subject to hydrolysis) is 1. The number of nitrogens with zero attached hydrogens (tertiary/aromatic N) is 4. The van der Waals surface area contributed by atoms with E-state index in [1.54, 1.807) is 54.5 Å². The van der Waals surface area contributed by atoms with Crippen LogP contribution in [0.2, 0.25) is 5.02 Å². The second kappa shape index (κ2) is 13.2. The standard InChI is InChI=1S/C32H38ClN5O4/c1-6-27(28-20-26-19-22(2)35-38(26)31(41)37(28)21-23-11-8-7-9-12-23)36(29(39)24-13-15-25(33)16-14-24)18-10-17-34-30(40)42-32(3,4)5/h7-9,11-16,19-20,27H,6,10,17-18,21H2,1-5H3,(H,34,40). The third-order valence-corrected chi connectivity index (χ3v) is 7.01. The van der Waals surface area contributed by atoms with Gasteiger partial charge in [0.1, 0.15) is 5.60 Å². The molecule has 0 fully saturated rings. The minimum absolute atomic E-state index is 0.195. The lowest BCUT2D eigenvalue weighted by atomic mass is 10.0. The topological polar surface area (TPSA) is 97.9 Å². The molecule has 1 N–H and O–H groups in total. The molecule has 9 nitrogen and oxygen atoms in total. The third-order valence-electron chi connectivity index (χ3n) is 6.76. The van der Waals surface area contributed by atoms with Crippen LogP contribution in [0.4, 0.5) is 4.79 Å². The van der Waals surface area contributed by atoms with E-state index >= 15 is 0 Å². The van der Waals surface area contributed by atoms with Crippen LogP contribution < -0.4 is 11.0 Å². The van der Waals surface area contributed by atoms with Crippen molar-refractivity contribution in [3.8, 4) is 0 Å². The Morgan fingerprint density at radius 2 is 1.76 bits per heavy atom. The van der Waals surface area contributed by atoms with Gasteiger partial charge >= 0.3 is 11.8 Å². The van der Waals surface area contributed by atoms with Gasteiger partial charge in [-0.2, -0.15) is 9.61 Å². The average Bonchev–Trinajstić information content (AvgIpc) is 3.32. The summed E-state index contributed by atoms with van der Waals surface area (Å²) >= 11 is 6.11. The highest BCUT2D eigenvalue weighted by Gasteiger charge is 2.28. The summed E-state index contributed by atoms with van der Waals surface area (Å²) < 4.78 is 8.46.